The van der Waals surface area contributed by atoms with E-state index >= 15 is 0 Å². The average molecular weight is 328 g/mol. The average Bonchev–Trinajstić information content (AvgIpc) is 2.80. The van der Waals surface area contributed by atoms with Crippen molar-refractivity contribution < 1.29 is 0 Å². The van der Waals surface area contributed by atoms with Crippen LogP contribution in [0.25, 0.3) is 16.6 Å². The number of aromatic amines is 1. The number of H-pyrrole nitrogens is 1. The normalized spacial score (nSPS) is 13.3. The van der Waals surface area contributed by atoms with Crippen LogP contribution in [0.4, 0.5) is 0 Å². The Morgan fingerprint density at radius 3 is 2.94 bits per heavy atom. The zero-order chi connectivity index (χ0) is 12.9. The summed E-state index contributed by atoms with van der Waals surface area (Å²) in [6.45, 7) is 1.97. The van der Waals surface area contributed by atoms with Gasteiger partial charge in [0.25, 0.3) is 5.56 Å². The van der Waals surface area contributed by atoms with E-state index in [0.717, 1.165) is 11.1 Å². The third-order valence-corrected chi connectivity index (χ3v) is 3.73. The Morgan fingerprint density at radius 1 is 1.44 bits per heavy atom. The van der Waals surface area contributed by atoms with Crippen LogP contribution in [-0.2, 0) is 0 Å². The number of fused-ring (bicyclic) bond motifs is 3. The summed E-state index contributed by atoms with van der Waals surface area (Å²) in [5, 5.41) is 8.16. The lowest BCUT2D eigenvalue weighted by molar-refractivity contribution is 0.876. The molecule has 1 atom stereocenters. The second kappa shape index (κ2) is 4.07. The van der Waals surface area contributed by atoms with Gasteiger partial charge in [0.1, 0.15) is 0 Å². The van der Waals surface area contributed by atoms with E-state index in [1.807, 2.05) is 19.1 Å². The third-order valence-electron chi connectivity index (χ3n) is 2.83. The number of halogens is 2. The lowest BCUT2D eigenvalue weighted by Gasteiger charge is -2.09. The van der Waals surface area contributed by atoms with E-state index < -0.39 is 0 Å². The smallest absolute Gasteiger partial charge is 0.276 e. The predicted molar refractivity (Wildman–Crippen MR) is 73.5 cm³/mol. The van der Waals surface area contributed by atoms with Gasteiger partial charge in [-0.25, -0.2) is 4.52 Å². The standard InChI is InChI=1S/C11H8BrClN4O/c1-5(12)6-2-3-7-10(9(6)13)15-11(18)8-4-14-16-17(7)8/h2-5H,1H3,(H,15,18). The maximum Gasteiger partial charge on any atom is 0.276 e. The lowest BCUT2D eigenvalue weighted by atomic mass is 10.1. The Labute approximate surface area is 115 Å². The number of alkyl halides is 1. The van der Waals surface area contributed by atoms with E-state index in [9.17, 15) is 4.79 Å². The van der Waals surface area contributed by atoms with Crippen molar-refractivity contribution in [3.8, 4) is 0 Å². The van der Waals surface area contributed by atoms with Gasteiger partial charge in [-0.2, -0.15) is 0 Å². The summed E-state index contributed by atoms with van der Waals surface area (Å²) in [6.07, 6.45) is 1.42. The molecule has 0 aliphatic rings. The Bertz CT molecular complexity index is 808. The minimum atomic E-state index is -0.256. The molecule has 1 unspecified atom stereocenters. The van der Waals surface area contributed by atoms with Crippen LogP contribution in [0.2, 0.25) is 5.02 Å². The van der Waals surface area contributed by atoms with Crippen molar-refractivity contribution in [2.24, 2.45) is 0 Å². The van der Waals surface area contributed by atoms with E-state index in [0.29, 0.717) is 16.1 Å². The molecule has 0 aliphatic carbocycles. The number of rotatable bonds is 1. The molecule has 0 spiro atoms. The van der Waals surface area contributed by atoms with E-state index in [1.165, 1.54) is 10.7 Å². The molecule has 92 valence electrons. The molecular weight excluding hydrogens is 320 g/mol. The van der Waals surface area contributed by atoms with Gasteiger partial charge in [0, 0.05) is 4.83 Å². The van der Waals surface area contributed by atoms with E-state index in [1.54, 1.807) is 0 Å². The fourth-order valence-electron chi connectivity index (χ4n) is 1.93. The van der Waals surface area contributed by atoms with Crippen LogP contribution >= 0.6 is 27.5 Å². The molecule has 1 N–H and O–H groups in total. The molecule has 0 radical (unpaired) electrons. The first-order valence-electron chi connectivity index (χ1n) is 5.28. The van der Waals surface area contributed by atoms with Gasteiger partial charge in [-0.15, -0.1) is 5.10 Å². The summed E-state index contributed by atoms with van der Waals surface area (Å²) in [6, 6.07) is 3.77. The van der Waals surface area contributed by atoms with Gasteiger partial charge in [0.15, 0.2) is 5.52 Å². The summed E-state index contributed by atoms with van der Waals surface area (Å²) >= 11 is 9.78. The lowest BCUT2D eigenvalue weighted by Crippen LogP contribution is -2.11. The molecule has 3 rings (SSSR count). The van der Waals surface area contributed by atoms with Gasteiger partial charge >= 0.3 is 0 Å². The Hall–Kier alpha value is -1.40. The molecule has 0 bridgehead atoms. The fourth-order valence-corrected chi connectivity index (χ4v) is 2.81. The predicted octanol–water partition coefficient (Wildman–Crippen LogP) is 2.68. The van der Waals surface area contributed by atoms with Crippen LogP contribution in [0, 0.1) is 0 Å². The fraction of sp³-hybridized carbons (Fsp3) is 0.182. The topological polar surface area (TPSA) is 63.0 Å². The van der Waals surface area contributed by atoms with Crippen molar-refractivity contribution in [1.29, 1.82) is 0 Å². The largest absolute Gasteiger partial charge is 0.317 e. The van der Waals surface area contributed by atoms with Crippen LogP contribution in [0.3, 0.4) is 0 Å². The van der Waals surface area contributed by atoms with Crippen LogP contribution in [0.5, 0.6) is 0 Å². The summed E-state index contributed by atoms with van der Waals surface area (Å²) in [5.41, 5.74) is 2.36. The number of aromatic nitrogens is 4. The summed E-state index contributed by atoms with van der Waals surface area (Å²) in [5.74, 6) is 0. The molecule has 0 saturated heterocycles. The first kappa shape index (κ1) is 11.7. The summed E-state index contributed by atoms with van der Waals surface area (Å²) in [7, 11) is 0. The Morgan fingerprint density at radius 2 is 2.22 bits per heavy atom. The molecule has 5 nitrogen and oxygen atoms in total. The summed E-state index contributed by atoms with van der Waals surface area (Å²) in [4.78, 5) is 14.7. The molecule has 2 aromatic heterocycles. The third kappa shape index (κ3) is 1.56. The van der Waals surface area contributed by atoms with Gasteiger partial charge in [-0.05, 0) is 18.6 Å². The van der Waals surface area contributed by atoms with Crippen molar-refractivity contribution in [2.45, 2.75) is 11.8 Å². The van der Waals surface area contributed by atoms with Gasteiger partial charge in [0.05, 0.1) is 22.3 Å². The van der Waals surface area contributed by atoms with Crippen LogP contribution < -0.4 is 5.56 Å². The second-order valence-electron chi connectivity index (χ2n) is 3.96. The number of hydrogen-bond donors (Lipinski definition) is 1. The van der Waals surface area contributed by atoms with Gasteiger partial charge in [-0.1, -0.05) is 38.8 Å². The van der Waals surface area contributed by atoms with Crippen LogP contribution in [-0.4, -0.2) is 19.8 Å². The maximum atomic E-state index is 11.9. The number of benzene rings is 1. The Kier molecular flexibility index (Phi) is 2.64. The minimum absolute atomic E-state index is 0.101. The highest BCUT2D eigenvalue weighted by molar-refractivity contribution is 9.09. The van der Waals surface area contributed by atoms with E-state index in [-0.39, 0.29) is 10.4 Å². The highest BCUT2D eigenvalue weighted by atomic mass is 79.9. The molecule has 0 fully saturated rings. The maximum absolute atomic E-state index is 11.9. The molecule has 0 saturated carbocycles. The molecule has 2 heterocycles. The Balaban J connectivity index is 2.53. The minimum Gasteiger partial charge on any atom is -0.317 e. The van der Waals surface area contributed by atoms with Crippen molar-refractivity contribution in [3.63, 3.8) is 0 Å². The zero-order valence-electron chi connectivity index (χ0n) is 9.32. The molecule has 0 amide bonds. The molecule has 7 heteroatoms. The molecule has 3 aromatic rings. The van der Waals surface area contributed by atoms with E-state index in [2.05, 4.69) is 31.2 Å². The number of nitrogens with one attached hydrogen (secondary N) is 1. The van der Waals surface area contributed by atoms with E-state index in [4.69, 9.17) is 11.6 Å². The van der Waals surface area contributed by atoms with Crippen LogP contribution in [0.1, 0.15) is 17.3 Å². The number of nitrogens with zero attached hydrogens (tertiary/aromatic N) is 3. The SMILES string of the molecule is CC(Br)c1ccc2c([nH]c(=O)c3cnnn32)c1Cl. The number of hydrogen-bond acceptors (Lipinski definition) is 3. The summed E-state index contributed by atoms with van der Waals surface area (Å²) < 4.78 is 1.49. The monoisotopic (exact) mass is 326 g/mol. The zero-order valence-corrected chi connectivity index (χ0v) is 11.7. The first-order valence-corrected chi connectivity index (χ1v) is 6.58. The van der Waals surface area contributed by atoms with Crippen molar-refractivity contribution in [1.82, 2.24) is 19.8 Å². The van der Waals surface area contributed by atoms with Gasteiger partial charge in [0.2, 0.25) is 0 Å². The van der Waals surface area contributed by atoms with Crippen molar-refractivity contribution >= 4 is 44.1 Å². The van der Waals surface area contributed by atoms with Gasteiger partial charge in [-0.3, -0.25) is 4.79 Å². The molecular formula is C11H8BrClN4O. The molecule has 18 heavy (non-hydrogen) atoms. The second-order valence-corrected chi connectivity index (χ2v) is 5.72. The highest BCUT2D eigenvalue weighted by Crippen LogP contribution is 2.33. The van der Waals surface area contributed by atoms with Crippen molar-refractivity contribution in [3.05, 3.63) is 39.3 Å². The highest BCUT2D eigenvalue weighted by Gasteiger charge is 2.14. The molecule has 1 aromatic carbocycles. The first-order chi connectivity index (χ1) is 8.59. The quantitative estimate of drug-likeness (QED) is 0.699. The van der Waals surface area contributed by atoms with Crippen LogP contribution in [0.15, 0.2) is 23.1 Å². The molecule has 0 aliphatic heterocycles. The van der Waals surface area contributed by atoms with Gasteiger partial charge < -0.3 is 4.98 Å². The van der Waals surface area contributed by atoms with Crippen molar-refractivity contribution in [2.75, 3.05) is 0 Å².